The molecule has 1 aliphatic carbocycles. The van der Waals surface area contributed by atoms with Crippen LogP contribution in [0.15, 0.2) is 48.6 Å². The first-order valence-electron chi connectivity index (χ1n) is 22.9. The number of esters is 2. The van der Waals surface area contributed by atoms with Crippen LogP contribution in [0, 0.1) is 11.8 Å². The van der Waals surface area contributed by atoms with Crippen molar-refractivity contribution in [3.63, 3.8) is 0 Å². The normalized spacial score (nSPS) is 20.8. The third kappa shape index (κ3) is 30.1. The predicted octanol–water partition coefficient (Wildman–Crippen LogP) is 8.55. The number of hydrogen-bond acceptors (Lipinski definition) is 12. The number of aliphatic carboxylic acids is 1. The Hall–Kier alpha value is -2.68. The number of carbonyl (C=O) groups excluding carboxylic acids is 2. The van der Waals surface area contributed by atoms with Gasteiger partial charge < -0.3 is 40.5 Å². The van der Waals surface area contributed by atoms with Crippen LogP contribution in [0.25, 0.3) is 0 Å². The summed E-state index contributed by atoms with van der Waals surface area (Å²) in [5.74, 6) is -3.07. The molecule has 0 heterocycles. The number of aliphatic hydroxyl groups is 3. The maximum Gasteiger partial charge on any atom is 0.472 e. The molecule has 1 rings (SSSR count). The largest absolute Gasteiger partial charge is 0.480 e. The second-order valence-corrected chi connectivity index (χ2v) is 17.6. The van der Waals surface area contributed by atoms with Gasteiger partial charge in [-0.25, -0.2) is 4.57 Å². The monoisotopic (exact) mass is 886 g/mol. The molecule has 0 saturated heterocycles. The number of carboxylic acids is 1. The van der Waals surface area contributed by atoms with Gasteiger partial charge >= 0.3 is 25.7 Å². The molecule has 0 amide bonds. The summed E-state index contributed by atoms with van der Waals surface area (Å²) < 4.78 is 32.7. The summed E-state index contributed by atoms with van der Waals surface area (Å²) in [5, 5.41) is 40.2. The zero-order valence-corrected chi connectivity index (χ0v) is 38.0. The SMILES string of the molecule is CCCCC/C=C\C/C=C\CCCCCCCCCC(=O)O[C@H](COC(=O)CCC/C=C/C[C@@H]1[C@@H](/C=C/[C@@H](O)CCCCC)[C@H](O)C[C@@H]1O)COP(=O)(O)OC[C@H](N)C(=O)O. The minimum atomic E-state index is -4.78. The number of unbranched alkanes of at least 4 members (excludes halogenated alkanes) is 13. The molecule has 0 aromatic carbocycles. The minimum Gasteiger partial charge on any atom is -0.480 e. The molecule has 7 N–H and O–H groups in total. The first kappa shape index (κ1) is 56.3. The third-order valence-corrected chi connectivity index (χ3v) is 11.6. The Morgan fingerprint density at radius 1 is 0.721 bits per heavy atom. The van der Waals surface area contributed by atoms with Crippen LogP contribution in [-0.2, 0) is 37.5 Å². The van der Waals surface area contributed by atoms with Crippen molar-refractivity contribution in [2.45, 2.75) is 192 Å². The second-order valence-electron chi connectivity index (χ2n) is 16.1. The fourth-order valence-electron chi connectivity index (χ4n) is 6.91. The van der Waals surface area contributed by atoms with E-state index < -0.39 is 76.0 Å². The highest BCUT2D eigenvalue weighted by Crippen LogP contribution is 2.43. The van der Waals surface area contributed by atoms with Crippen molar-refractivity contribution in [2.75, 3.05) is 19.8 Å². The van der Waals surface area contributed by atoms with Crippen LogP contribution in [0.1, 0.15) is 162 Å². The number of rotatable bonds is 38. The lowest BCUT2D eigenvalue weighted by atomic mass is 9.89. The van der Waals surface area contributed by atoms with Crippen molar-refractivity contribution in [1.29, 1.82) is 0 Å². The molecule has 1 unspecified atom stereocenters. The molecule has 14 nitrogen and oxygen atoms in total. The lowest BCUT2D eigenvalue weighted by molar-refractivity contribution is -0.161. The van der Waals surface area contributed by atoms with E-state index in [9.17, 15) is 39.2 Å². The number of carbonyl (C=O) groups is 3. The minimum absolute atomic E-state index is 0.0418. The molecular formula is C46H80NO13P. The van der Waals surface area contributed by atoms with Crippen LogP contribution in [0.5, 0.6) is 0 Å². The van der Waals surface area contributed by atoms with Crippen molar-refractivity contribution in [3.8, 4) is 0 Å². The van der Waals surface area contributed by atoms with E-state index in [1.807, 2.05) is 18.2 Å². The quantitative estimate of drug-likeness (QED) is 0.0148. The molecule has 1 saturated carbocycles. The number of nitrogens with two attached hydrogens (primary N) is 1. The number of allylic oxidation sites excluding steroid dienone is 6. The Kier molecular flexibility index (Phi) is 33.0. The first-order valence-corrected chi connectivity index (χ1v) is 24.4. The predicted molar refractivity (Wildman–Crippen MR) is 237 cm³/mol. The molecule has 0 bridgehead atoms. The molecular weight excluding hydrogens is 805 g/mol. The van der Waals surface area contributed by atoms with Crippen molar-refractivity contribution in [1.82, 2.24) is 0 Å². The van der Waals surface area contributed by atoms with Crippen molar-refractivity contribution in [3.05, 3.63) is 48.6 Å². The summed E-state index contributed by atoms with van der Waals surface area (Å²) in [7, 11) is -4.78. The topological polar surface area (TPSA) is 232 Å². The highest BCUT2D eigenvalue weighted by molar-refractivity contribution is 7.47. The van der Waals surface area contributed by atoms with Crippen molar-refractivity contribution >= 4 is 25.7 Å². The maximum atomic E-state index is 12.7. The molecule has 352 valence electrons. The fraction of sp³-hybridized carbons (Fsp3) is 0.761. The summed E-state index contributed by atoms with van der Waals surface area (Å²) in [6.45, 7) is 2.42. The van der Waals surface area contributed by atoms with E-state index in [-0.39, 0.29) is 31.1 Å². The number of ether oxygens (including phenoxy) is 2. The van der Waals surface area contributed by atoms with Crippen molar-refractivity contribution in [2.24, 2.45) is 17.6 Å². The third-order valence-electron chi connectivity index (χ3n) is 10.6. The van der Waals surface area contributed by atoms with E-state index in [0.717, 1.165) is 77.0 Å². The molecule has 0 aromatic rings. The van der Waals surface area contributed by atoms with Crippen LogP contribution in [-0.4, -0.2) is 93.5 Å². The summed E-state index contributed by atoms with van der Waals surface area (Å²) in [6.07, 6.45) is 32.7. The molecule has 15 heteroatoms. The highest BCUT2D eigenvalue weighted by Gasteiger charge is 2.39. The van der Waals surface area contributed by atoms with Gasteiger partial charge in [-0.15, -0.1) is 0 Å². The number of carboxylic acid groups (broad SMARTS) is 1. The van der Waals surface area contributed by atoms with Crippen molar-refractivity contribution < 1.29 is 62.8 Å². The summed E-state index contributed by atoms with van der Waals surface area (Å²) in [5.41, 5.74) is 5.33. The zero-order chi connectivity index (χ0) is 45.1. The fourth-order valence-corrected chi connectivity index (χ4v) is 7.69. The Morgan fingerprint density at radius 2 is 1.30 bits per heavy atom. The van der Waals surface area contributed by atoms with Gasteiger partial charge in [0, 0.05) is 25.2 Å². The smallest absolute Gasteiger partial charge is 0.472 e. The second kappa shape index (κ2) is 35.7. The average Bonchev–Trinajstić information content (AvgIpc) is 3.49. The van der Waals surface area contributed by atoms with E-state index in [0.29, 0.717) is 32.1 Å². The van der Waals surface area contributed by atoms with Gasteiger partial charge in [0.1, 0.15) is 12.6 Å². The molecule has 61 heavy (non-hydrogen) atoms. The average molecular weight is 886 g/mol. The van der Waals surface area contributed by atoms with Crippen LogP contribution >= 0.6 is 7.82 Å². The van der Waals surface area contributed by atoms with E-state index >= 15 is 0 Å². The molecule has 1 fully saturated rings. The molecule has 0 aliphatic heterocycles. The van der Waals surface area contributed by atoms with Crippen LogP contribution in [0.4, 0.5) is 0 Å². The van der Waals surface area contributed by atoms with Gasteiger partial charge in [0.05, 0.1) is 31.5 Å². The van der Waals surface area contributed by atoms with Crippen LogP contribution in [0.2, 0.25) is 0 Å². The standard InChI is InChI=1S/C46H80NO13P/c1-3-5-7-8-9-10-11-12-13-14-15-16-17-18-19-20-26-30-45(52)60-38(35-58-61(55,56)59-36-41(47)46(53)54)34-57-44(51)29-25-22-21-24-28-39-40(43(50)33-42(39)49)32-31-37(48)27-23-6-4-2/h9-10,12-13,21,24,31-32,37-43,48-50H,3-8,11,14-20,22-23,25-30,33-36,47H2,1-2H3,(H,53,54)(H,55,56)/b10-9-,13-12-,24-21+,32-31+/t37-,38+,39+,40+,41-,42-,43+/m0/s1. The van der Waals surface area contributed by atoms with Gasteiger partial charge in [0.25, 0.3) is 0 Å². The van der Waals surface area contributed by atoms with Gasteiger partial charge in [0.2, 0.25) is 0 Å². The lowest BCUT2D eigenvalue weighted by Crippen LogP contribution is -2.34. The van der Waals surface area contributed by atoms with E-state index in [1.165, 1.54) is 19.3 Å². The highest BCUT2D eigenvalue weighted by atomic mass is 31.2. The number of phosphoric ester groups is 1. The first-order chi connectivity index (χ1) is 29.3. The van der Waals surface area contributed by atoms with Gasteiger partial charge in [-0.2, -0.15) is 0 Å². The zero-order valence-electron chi connectivity index (χ0n) is 37.1. The van der Waals surface area contributed by atoms with Gasteiger partial charge in [-0.05, 0) is 70.1 Å². The maximum absolute atomic E-state index is 12.7. The van der Waals surface area contributed by atoms with E-state index in [2.05, 4.69) is 42.7 Å². The number of phosphoric acid groups is 1. The van der Waals surface area contributed by atoms with E-state index in [1.54, 1.807) is 6.08 Å². The van der Waals surface area contributed by atoms with Gasteiger partial charge in [-0.3, -0.25) is 23.4 Å². The Morgan fingerprint density at radius 3 is 1.97 bits per heavy atom. The van der Waals surface area contributed by atoms with Gasteiger partial charge in [-0.1, -0.05) is 127 Å². The Labute approximate surface area is 365 Å². The Balaban J connectivity index is 2.49. The molecule has 1 aliphatic rings. The number of hydrogen-bond donors (Lipinski definition) is 6. The van der Waals surface area contributed by atoms with Crippen LogP contribution < -0.4 is 5.73 Å². The van der Waals surface area contributed by atoms with E-state index in [4.69, 9.17) is 24.8 Å². The molecule has 0 spiro atoms. The molecule has 0 aromatic heterocycles. The molecule has 0 radical (unpaired) electrons. The number of aliphatic hydroxyl groups excluding tert-OH is 3. The summed E-state index contributed by atoms with van der Waals surface area (Å²) in [4.78, 5) is 46.2. The van der Waals surface area contributed by atoms with Gasteiger partial charge in [0.15, 0.2) is 6.10 Å². The summed E-state index contributed by atoms with van der Waals surface area (Å²) >= 11 is 0. The molecule has 8 atom stereocenters. The lowest BCUT2D eigenvalue weighted by Gasteiger charge is -2.20. The van der Waals surface area contributed by atoms with Crippen LogP contribution in [0.3, 0.4) is 0 Å². The Bertz CT molecular complexity index is 1340. The summed E-state index contributed by atoms with van der Waals surface area (Å²) in [6, 6.07) is -1.56.